The summed E-state index contributed by atoms with van der Waals surface area (Å²) >= 11 is 18.1. The topological polar surface area (TPSA) is 54.4 Å². The van der Waals surface area contributed by atoms with Crippen molar-refractivity contribution in [1.29, 1.82) is 0 Å². The average molecular weight is 362 g/mol. The van der Waals surface area contributed by atoms with Crippen molar-refractivity contribution in [1.82, 2.24) is 0 Å². The van der Waals surface area contributed by atoms with Crippen LogP contribution in [0.5, 0.6) is 0 Å². The maximum absolute atomic E-state index is 11.6. The molecule has 0 saturated heterocycles. The van der Waals surface area contributed by atoms with E-state index in [0.29, 0.717) is 5.39 Å². The molecular formula is C14H7Cl3O3S. The number of fused-ring (bicyclic) bond motifs is 2. The number of halogens is 3. The first-order chi connectivity index (χ1) is 9.80. The summed E-state index contributed by atoms with van der Waals surface area (Å²) in [6.07, 6.45) is 0. The van der Waals surface area contributed by atoms with Gasteiger partial charge >= 0.3 is 0 Å². The van der Waals surface area contributed by atoms with E-state index in [4.69, 9.17) is 34.8 Å². The lowest BCUT2D eigenvalue weighted by atomic mass is 10.0. The van der Waals surface area contributed by atoms with Gasteiger partial charge in [-0.2, -0.15) is 8.42 Å². The highest BCUT2D eigenvalue weighted by atomic mass is 35.5. The molecule has 0 radical (unpaired) electrons. The molecule has 0 spiro atoms. The zero-order valence-corrected chi connectivity index (χ0v) is 13.4. The molecule has 0 aliphatic carbocycles. The van der Waals surface area contributed by atoms with Crippen LogP contribution in [0.4, 0.5) is 0 Å². The van der Waals surface area contributed by atoms with Gasteiger partial charge in [-0.15, -0.1) is 0 Å². The van der Waals surface area contributed by atoms with Gasteiger partial charge in [-0.05, 0) is 22.9 Å². The summed E-state index contributed by atoms with van der Waals surface area (Å²) < 4.78 is 32.7. The van der Waals surface area contributed by atoms with E-state index >= 15 is 0 Å². The molecule has 0 unspecified atom stereocenters. The van der Waals surface area contributed by atoms with Crippen LogP contribution < -0.4 is 0 Å². The lowest BCUT2D eigenvalue weighted by Gasteiger charge is -2.12. The van der Waals surface area contributed by atoms with Crippen LogP contribution in [0, 0.1) is 0 Å². The summed E-state index contributed by atoms with van der Waals surface area (Å²) in [6, 6.07) is 10.7. The first-order valence-electron chi connectivity index (χ1n) is 5.77. The van der Waals surface area contributed by atoms with Crippen LogP contribution in [0.15, 0.2) is 41.3 Å². The molecule has 0 aliphatic rings. The molecular weight excluding hydrogens is 355 g/mol. The Labute approximate surface area is 135 Å². The normalized spacial score (nSPS) is 12.2. The predicted molar refractivity (Wildman–Crippen MR) is 86.3 cm³/mol. The van der Waals surface area contributed by atoms with E-state index in [2.05, 4.69) is 0 Å². The molecule has 3 nitrogen and oxygen atoms in total. The lowest BCUT2D eigenvalue weighted by Crippen LogP contribution is -2.01. The minimum Gasteiger partial charge on any atom is -0.282 e. The second kappa shape index (κ2) is 5.00. The monoisotopic (exact) mass is 360 g/mol. The van der Waals surface area contributed by atoms with Crippen molar-refractivity contribution >= 4 is 66.5 Å². The van der Waals surface area contributed by atoms with E-state index in [1.807, 2.05) is 24.3 Å². The Kier molecular flexibility index (Phi) is 3.55. The van der Waals surface area contributed by atoms with Crippen LogP contribution in [0.3, 0.4) is 0 Å². The number of hydrogen-bond donors (Lipinski definition) is 1. The van der Waals surface area contributed by atoms with Gasteiger partial charge in [-0.1, -0.05) is 59.1 Å². The van der Waals surface area contributed by atoms with Gasteiger partial charge < -0.3 is 0 Å². The Hall–Kier alpha value is -1.04. The zero-order valence-electron chi connectivity index (χ0n) is 10.3. The SMILES string of the molecule is O=S(=O)(O)c1c(Cl)c(Cl)c(Cl)c2cc3ccccc3cc12. The minimum absolute atomic E-state index is 0.103. The van der Waals surface area contributed by atoms with Gasteiger partial charge in [0.15, 0.2) is 0 Å². The third-order valence-electron chi connectivity index (χ3n) is 3.21. The number of rotatable bonds is 1. The minimum atomic E-state index is -4.54. The highest BCUT2D eigenvalue weighted by Gasteiger charge is 2.24. The molecule has 0 aromatic heterocycles. The summed E-state index contributed by atoms with van der Waals surface area (Å²) in [7, 11) is -4.54. The van der Waals surface area contributed by atoms with Crippen LogP contribution in [0.1, 0.15) is 0 Å². The van der Waals surface area contributed by atoms with E-state index in [-0.39, 0.29) is 20.5 Å². The van der Waals surface area contributed by atoms with Crippen molar-refractivity contribution in [3.63, 3.8) is 0 Å². The van der Waals surface area contributed by atoms with Crippen molar-refractivity contribution in [2.24, 2.45) is 0 Å². The second-order valence-electron chi connectivity index (χ2n) is 4.49. The molecule has 108 valence electrons. The lowest BCUT2D eigenvalue weighted by molar-refractivity contribution is 0.484. The van der Waals surface area contributed by atoms with E-state index in [0.717, 1.165) is 10.8 Å². The van der Waals surface area contributed by atoms with Gasteiger partial charge in [0.2, 0.25) is 0 Å². The second-order valence-corrected chi connectivity index (χ2v) is 6.98. The van der Waals surface area contributed by atoms with E-state index in [9.17, 15) is 13.0 Å². The van der Waals surface area contributed by atoms with Crippen molar-refractivity contribution in [2.45, 2.75) is 4.90 Å². The molecule has 0 bridgehead atoms. The molecule has 1 N–H and O–H groups in total. The highest BCUT2D eigenvalue weighted by Crippen LogP contribution is 2.43. The average Bonchev–Trinajstić information content (AvgIpc) is 2.42. The Balaban J connectivity index is 2.65. The van der Waals surface area contributed by atoms with Crippen molar-refractivity contribution in [3.8, 4) is 0 Å². The fourth-order valence-corrected chi connectivity index (χ4v) is 4.11. The van der Waals surface area contributed by atoms with Crippen molar-refractivity contribution < 1.29 is 13.0 Å². The number of benzene rings is 3. The smallest absolute Gasteiger partial charge is 0.282 e. The molecule has 0 heterocycles. The highest BCUT2D eigenvalue weighted by molar-refractivity contribution is 7.86. The fraction of sp³-hybridized carbons (Fsp3) is 0. The first-order valence-corrected chi connectivity index (χ1v) is 8.34. The molecule has 3 aromatic carbocycles. The predicted octanol–water partition coefficient (Wildman–Crippen LogP) is 5.20. The summed E-state index contributed by atoms with van der Waals surface area (Å²) in [5.74, 6) is 0. The van der Waals surface area contributed by atoms with Crippen molar-refractivity contribution in [3.05, 3.63) is 51.5 Å². The van der Waals surface area contributed by atoms with E-state index in [1.54, 1.807) is 12.1 Å². The van der Waals surface area contributed by atoms with Crippen LogP contribution in [-0.2, 0) is 10.1 Å². The third kappa shape index (κ3) is 2.37. The van der Waals surface area contributed by atoms with Gasteiger partial charge in [0.05, 0.1) is 15.1 Å². The largest absolute Gasteiger partial charge is 0.296 e. The summed E-state index contributed by atoms with van der Waals surface area (Å²) in [6.45, 7) is 0. The van der Waals surface area contributed by atoms with Crippen LogP contribution >= 0.6 is 34.8 Å². The standard InChI is InChI=1S/C14H7Cl3O3S/c15-11-9-5-7-3-1-2-4-8(7)6-10(9)14(21(18,19)20)13(17)12(11)16/h1-6H,(H,18,19,20). The Morgan fingerprint density at radius 3 is 1.86 bits per heavy atom. The van der Waals surface area contributed by atoms with Gasteiger partial charge in [0.25, 0.3) is 10.1 Å². The Morgan fingerprint density at radius 1 is 0.810 bits per heavy atom. The fourth-order valence-electron chi connectivity index (χ4n) is 2.29. The van der Waals surface area contributed by atoms with Crippen LogP contribution in [0.25, 0.3) is 21.5 Å². The molecule has 0 amide bonds. The first kappa shape index (κ1) is 14.9. The van der Waals surface area contributed by atoms with Gasteiger partial charge in [0.1, 0.15) is 4.90 Å². The maximum Gasteiger partial charge on any atom is 0.296 e. The third-order valence-corrected chi connectivity index (χ3v) is 5.60. The molecule has 3 rings (SSSR count). The molecule has 0 saturated carbocycles. The molecule has 21 heavy (non-hydrogen) atoms. The molecule has 7 heteroatoms. The molecule has 0 atom stereocenters. The maximum atomic E-state index is 11.6. The van der Waals surface area contributed by atoms with Gasteiger partial charge in [0, 0.05) is 10.8 Å². The Bertz CT molecular complexity index is 997. The Morgan fingerprint density at radius 2 is 1.33 bits per heavy atom. The summed E-state index contributed by atoms with van der Waals surface area (Å²) in [4.78, 5) is -0.431. The quantitative estimate of drug-likeness (QED) is 0.368. The van der Waals surface area contributed by atoms with E-state index in [1.165, 1.54) is 0 Å². The van der Waals surface area contributed by atoms with Gasteiger partial charge in [-0.3, -0.25) is 4.55 Å². The van der Waals surface area contributed by atoms with Gasteiger partial charge in [-0.25, -0.2) is 0 Å². The van der Waals surface area contributed by atoms with Crippen molar-refractivity contribution in [2.75, 3.05) is 0 Å². The number of hydrogen-bond acceptors (Lipinski definition) is 2. The van der Waals surface area contributed by atoms with E-state index < -0.39 is 15.0 Å². The van der Waals surface area contributed by atoms with Crippen LogP contribution in [0.2, 0.25) is 15.1 Å². The summed E-state index contributed by atoms with van der Waals surface area (Å²) in [5.41, 5.74) is 0. The summed E-state index contributed by atoms with van der Waals surface area (Å²) in [5, 5.41) is 2.07. The van der Waals surface area contributed by atoms with Crippen LogP contribution in [-0.4, -0.2) is 13.0 Å². The molecule has 0 aliphatic heterocycles. The zero-order chi connectivity index (χ0) is 15.4. The molecule has 0 fully saturated rings. The molecule has 3 aromatic rings.